The smallest absolute Gasteiger partial charge is 0.359 e. The van der Waals surface area contributed by atoms with Crippen molar-refractivity contribution < 1.29 is 9.53 Å². The lowest BCUT2D eigenvalue weighted by Gasteiger charge is -2.17. The summed E-state index contributed by atoms with van der Waals surface area (Å²) in [5.41, 5.74) is 2.17. The van der Waals surface area contributed by atoms with Gasteiger partial charge in [0.2, 0.25) is 0 Å². The summed E-state index contributed by atoms with van der Waals surface area (Å²) in [5.74, 6) is -0.352. The zero-order valence-corrected chi connectivity index (χ0v) is 9.18. The summed E-state index contributed by atoms with van der Waals surface area (Å²) in [6.07, 6.45) is 0. The monoisotopic (exact) mass is 209 g/mol. The first-order chi connectivity index (χ1) is 7.06. The van der Waals surface area contributed by atoms with E-state index in [1.165, 1.54) is 0 Å². The Hall–Kier alpha value is -1.36. The SMILES string of the molecule is CCOC(=O)c1n[nH]c2c1CNC2(C)C. The van der Waals surface area contributed by atoms with Gasteiger partial charge >= 0.3 is 5.97 Å². The number of H-pyrrole nitrogens is 1. The molecule has 0 radical (unpaired) electrons. The first-order valence-electron chi connectivity index (χ1n) is 5.06. The van der Waals surface area contributed by atoms with E-state index >= 15 is 0 Å². The second-order valence-corrected chi connectivity index (χ2v) is 4.12. The normalized spacial score (nSPS) is 17.5. The van der Waals surface area contributed by atoms with E-state index in [0.717, 1.165) is 11.3 Å². The number of aromatic amines is 1. The van der Waals surface area contributed by atoms with Gasteiger partial charge in [0.05, 0.1) is 17.8 Å². The van der Waals surface area contributed by atoms with Crippen molar-refractivity contribution in [1.82, 2.24) is 15.5 Å². The third-order valence-electron chi connectivity index (χ3n) is 2.67. The number of hydrogen-bond donors (Lipinski definition) is 2. The van der Waals surface area contributed by atoms with Gasteiger partial charge in [-0.25, -0.2) is 4.79 Å². The van der Waals surface area contributed by atoms with Crippen molar-refractivity contribution in [3.05, 3.63) is 17.0 Å². The Kier molecular flexibility index (Phi) is 2.26. The minimum Gasteiger partial charge on any atom is -0.461 e. The topological polar surface area (TPSA) is 67.0 Å². The van der Waals surface area contributed by atoms with Crippen LogP contribution >= 0.6 is 0 Å². The molecule has 1 aromatic rings. The minimum atomic E-state index is -0.352. The van der Waals surface area contributed by atoms with Crippen molar-refractivity contribution in [2.75, 3.05) is 6.61 Å². The van der Waals surface area contributed by atoms with E-state index in [1.54, 1.807) is 6.92 Å². The van der Waals surface area contributed by atoms with Gasteiger partial charge in [-0.3, -0.25) is 5.10 Å². The molecule has 0 saturated carbocycles. The summed E-state index contributed by atoms with van der Waals surface area (Å²) >= 11 is 0. The van der Waals surface area contributed by atoms with Gasteiger partial charge in [0, 0.05) is 12.1 Å². The molecule has 15 heavy (non-hydrogen) atoms. The van der Waals surface area contributed by atoms with E-state index in [4.69, 9.17) is 4.74 Å². The van der Waals surface area contributed by atoms with Crippen LogP contribution < -0.4 is 5.32 Å². The summed E-state index contributed by atoms with van der Waals surface area (Å²) < 4.78 is 4.93. The number of aromatic nitrogens is 2. The standard InChI is InChI=1S/C10H15N3O2/c1-4-15-9(14)7-6-5-11-10(2,3)8(6)13-12-7/h11H,4-5H2,1-3H3,(H,12,13). The van der Waals surface area contributed by atoms with Gasteiger partial charge in [0.1, 0.15) is 0 Å². The van der Waals surface area contributed by atoms with Crippen molar-refractivity contribution in [2.45, 2.75) is 32.9 Å². The Morgan fingerprint density at radius 1 is 1.60 bits per heavy atom. The van der Waals surface area contributed by atoms with Crippen LogP contribution in [-0.4, -0.2) is 22.8 Å². The lowest BCUT2D eigenvalue weighted by atomic mass is 10.0. The Bertz CT molecular complexity index is 395. The van der Waals surface area contributed by atoms with Crippen LogP contribution in [0.25, 0.3) is 0 Å². The van der Waals surface area contributed by atoms with Crippen LogP contribution in [0.1, 0.15) is 42.5 Å². The molecule has 2 N–H and O–H groups in total. The van der Waals surface area contributed by atoms with Gasteiger partial charge in [0.25, 0.3) is 0 Å². The first-order valence-corrected chi connectivity index (χ1v) is 5.06. The van der Waals surface area contributed by atoms with E-state index in [-0.39, 0.29) is 11.5 Å². The van der Waals surface area contributed by atoms with E-state index in [2.05, 4.69) is 15.5 Å². The number of carbonyl (C=O) groups is 1. The van der Waals surface area contributed by atoms with Crippen LogP contribution in [-0.2, 0) is 16.8 Å². The van der Waals surface area contributed by atoms with Crippen molar-refractivity contribution in [2.24, 2.45) is 0 Å². The van der Waals surface area contributed by atoms with Crippen molar-refractivity contribution >= 4 is 5.97 Å². The van der Waals surface area contributed by atoms with Gasteiger partial charge < -0.3 is 10.1 Å². The Labute approximate surface area is 88.2 Å². The lowest BCUT2D eigenvalue weighted by molar-refractivity contribution is 0.0518. The fourth-order valence-corrected chi connectivity index (χ4v) is 1.82. The number of fused-ring (bicyclic) bond motifs is 1. The Balaban J connectivity index is 2.34. The number of hydrogen-bond acceptors (Lipinski definition) is 4. The van der Waals surface area contributed by atoms with E-state index in [9.17, 15) is 4.79 Å². The Morgan fingerprint density at radius 3 is 3.00 bits per heavy atom. The molecule has 0 saturated heterocycles. The second-order valence-electron chi connectivity index (χ2n) is 4.12. The van der Waals surface area contributed by atoms with E-state index in [1.807, 2.05) is 13.8 Å². The van der Waals surface area contributed by atoms with Crippen LogP contribution in [0.3, 0.4) is 0 Å². The molecule has 0 fully saturated rings. The maximum Gasteiger partial charge on any atom is 0.359 e. The number of esters is 1. The van der Waals surface area contributed by atoms with Crippen LogP contribution in [0.15, 0.2) is 0 Å². The van der Waals surface area contributed by atoms with E-state index < -0.39 is 0 Å². The average molecular weight is 209 g/mol. The number of nitrogens with zero attached hydrogens (tertiary/aromatic N) is 1. The van der Waals surface area contributed by atoms with Gasteiger partial charge in [0.15, 0.2) is 5.69 Å². The van der Waals surface area contributed by atoms with Crippen LogP contribution in [0.5, 0.6) is 0 Å². The predicted octanol–water partition coefficient (Wildman–Crippen LogP) is 0.925. The molecule has 1 aromatic heterocycles. The van der Waals surface area contributed by atoms with Crippen molar-refractivity contribution in [1.29, 1.82) is 0 Å². The molecule has 5 nitrogen and oxygen atoms in total. The fraction of sp³-hybridized carbons (Fsp3) is 0.600. The predicted molar refractivity (Wildman–Crippen MR) is 54.4 cm³/mol. The third-order valence-corrected chi connectivity index (χ3v) is 2.67. The Morgan fingerprint density at radius 2 is 2.33 bits per heavy atom. The fourth-order valence-electron chi connectivity index (χ4n) is 1.82. The van der Waals surface area contributed by atoms with Gasteiger partial charge in [-0.15, -0.1) is 0 Å². The highest BCUT2D eigenvalue weighted by Crippen LogP contribution is 2.30. The molecule has 0 spiro atoms. The molecule has 1 aliphatic heterocycles. The largest absolute Gasteiger partial charge is 0.461 e. The van der Waals surface area contributed by atoms with Crippen LogP contribution in [0, 0.1) is 0 Å². The third kappa shape index (κ3) is 1.52. The molecule has 0 aromatic carbocycles. The molecule has 82 valence electrons. The molecular weight excluding hydrogens is 194 g/mol. The van der Waals surface area contributed by atoms with Crippen LogP contribution in [0.2, 0.25) is 0 Å². The van der Waals surface area contributed by atoms with Gasteiger partial charge in [-0.05, 0) is 20.8 Å². The number of nitrogens with one attached hydrogen (secondary N) is 2. The molecule has 0 aliphatic carbocycles. The minimum absolute atomic E-state index is 0.146. The zero-order chi connectivity index (χ0) is 11.1. The number of rotatable bonds is 2. The molecule has 0 atom stereocenters. The molecule has 1 aliphatic rings. The summed E-state index contributed by atoms with van der Waals surface area (Å²) in [5, 5.41) is 10.2. The molecule has 0 amide bonds. The first kappa shape index (κ1) is 10.2. The number of carbonyl (C=O) groups excluding carboxylic acids is 1. The molecular formula is C10H15N3O2. The molecule has 2 heterocycles. The van der Waals surface area contributed by atoms with Crippen molar-refractivity contribution in [3.63, 3.8) is 0 Å². The van der Waals surface area contributed by atoms with Gasteiger partial charge in [-0.1, -0.05) is 0 Å². The second kappa shape index (κ2) is 3.34. The lowest BCUT2D eigenvalue weighted by Crippen LogP contribution is -2.29. The highest BCUT2D eigenvalue weighted by Gasteiger charge is 2.35. The summed E-state index contributed by atoms with van der Waals surface area (Å²) in [6.45, 7) is 6.91. The zero-order valence-electron chi connectivity index (χ0n) is 9.18. The maximum absolute atomic E-state index is 11.5. The van der Waals surface area contributed by atoms with Gasteiger partial charge in [-0.2, -0.15) is 5.10 Å². The summed E-state index contributed by atoms with van der Waals surface area (Å²) in [4.78, 5) is 11.5. The summed E-state index contributed by atoms with van der Waals surface area (Å²) in [6, 6.07) is 0. The average Bonchev–Trinajstić information content (AvgIpc) is 2.69. The molecule has 0 bridgehead atoms. The summed E-state index contributed by atoms with van der Waals surface area (Å²) in [7, 11) is 0. The maximum atomic E-state index is 11.5. The number of ether oxygens (including phenoxy) is 1. The molecule has 0 unspecified atom stereocenters. The quantitative estimate of drug-likeness (QED) is 0.711. The van der Waals surface area contributed by atoms with Crippen LogP contribution in [0.4, 0.5) is 0 Å². The van der Waals surface area contributed by atoms with E-state index in [0.29, 0.717) is 18.8 Å². The molecule has 2 rings (SSSR count). The molecule has 5 heteroatoms. The highest BCUT2D eigenvalue weighted by molar-refractivity contribution is 5.89. The highest BCUT2D eigenvalue weighted by atomic mass is 16.5. The van der Waals surface area contributed by atoms with Crippen molar-refractivity contribution in [3.8, 4) is 0 Å².